The molecule has 0 aromatic heterocycles. The zero-order chi connectivity index (χ0) is 13.9. The van der Waals surface area contributed by atoms with Gasteiger partial charge in [0.25, 0.3) is 0 Å². The van der Waals surface area contributed by atoms with Gasteiger partial charge in [-0.15, -0.1) is 0 Å². The Morgan fingerprint density at radius 3 is 2.85 bits per heavy atom. The molecule has 2 aromatic rings. The molecule has 1 aliphatic carbocycles. The molecule has 0 saturated heterocycles. The van der Waals surface area contributed by atoms with Crippen LogP contribution in [0.25, 0.3) is 0 Å². The van der Waals surface area contributed by atoms with E-state index < -0.39 is 0 Å². The van der Waals surface area contributed by atoms with Crippen molar-refractivity contribution in [1.29, 1.82) is 0 Å². The summed E-state index contributed by atoms with van der Waals surface area (Å²) in [5.41, 5.74) is 3.74. The average Bonchev–Trinajstić information content (AvgIpc) is 2.46. The van der Waals surface area contributed by atoms with Crippen molar-refractivity contribution >= 4 is 5.69 Å². The molecule has 0 saturated carbocycles. The molecule has 2 aromatic carbocycles. The summed E-state index contributed by atoms with van der Waals surface area (Å²) in [6.45, 7) is 0. The summed E-state index contributed by atoms with van der Waals surface area (Å²) >= 11 is 0. The number of anilines is 1. The van der Waals surface area contributed by atoms with Gasteiger partial charge in [-0.05, 0) is 54.7 Å². The van der Waals surface area contributed by atoms with Crippen molar-refractivity contribution in [2.45, 2.75) is 25.3 Å². The Kier molecular flexibility index (Phi) is 3.50. The predicted molar refractivity (Wildman–Crippen MR) is 80.5 cm³/mol. The summed E-state index contributed by atoms with van der Waals surface area (Å²) in [5, 5.41) is 13.0. The Bertz CT molecular complexity index is 610. The van der Waals surface area contributed by atoms with Gasteiger partial charge in [0.1, 0.15) is 11.5 Å². The van der Waals surface area contributed by atoms with E-state index in [2.05, 4.69) is 17.4 Å². The number of fused-ring (bicyclic) bond motifs is 1. The number of nitrogens with one attached hydrogen (secondary N) is 1. The molecular weight excluding hydrogens is 250 g/mol. The second-order valence-corrected chi connectivity index (χ2v) is 5.27. The number of phenolic OH excluding ortho intramolecular Hbond substituents is 1. The van der Waals surface area contributed by atoms with Crippen LogP contribution >= 0.6 is 0 Å². The highest BCUT2D eigenvalue weighted by Gasteiger charge is 2.19. The monoisotopic (exact) mass is 269 g/mol. The molecule has 0 amide bonds. The molecule has 3 rings (SSSR count). The molecular formula is C17H19NO2. The van der Waals surface area contributed by atoms with E-state index in [1.807, 2.05) is 18.2 Å². The highest BCUT2D eigenvalue weighted by molar-refractivity contribution is 5.49. The fraction of sp³-hybridized carbons (Fsp3) is 0.294. The van der Waals surface area contributed by atoms with E-state index in [9.17, 15) is 5.11 Å². The van der Waals surface area contributed by atoms with Crippen LogP contribution in [0.4, 0.5) is 5.69 Å². The van der Waals surface area contributed by atoms with Gasteiger partial charge in [-0.1, -0.05) is 12.1 Å². The van der Waals surface area contributed by atoms with E-state index in [1.54, 1.807) is 19.2 Å². The van der Waals surface area contributed by atoms with Crippen LogP contribution in [0.1, 0.15) is 17.5 Å². The zero-order valence-electron chi connectivity index (χ0n) is 11.6. The van der Waals surface area contributed by atoms with Crippen molar-refractivity contribution in [2.24, 2.45) is 0 Å². The van der Waals surface area contributed by atoms with Gasteiger partial charge in [-0.3, -0.25) is 0 Å². The van der Waals surface area contributed by atoms with Gasteiger partial charge in [0.2, 0.25) is 0 Å². The standard InChI is InChI=1S/C17H19NO2/c1-20-17-8-6-12-5-7-15(9-13(12)10-17)18-14-3-2-4-16(19)11-14/h2-4,6,8,10-11,15,18-19H,5,7,9H2,1H3. The number of rotatable bonds is 3. The summed E-state index contributed by atoms with van der Waals surface area (Å²) in [6, 6.07) is 14.0. The number of hydrogen-bond acceptors (Lipinski definition) is 3. The number of benzene rings is 2. The van der Waals surface area contributed by atoms with Crippen molar-refractivity contribution in [2.75, 3.05) is 12.4 Å². The summed E-state index contributed by atoms with van der Waals surface area (Å²) in [5.74, 6) is 1.22. The maximum Gasteiger partial charge on any atom is 0.119 e. The van der Waals surface area contributed by atoms with Gasteiger partial charge in [-0.25, -0.2) is 0 Å². The number of ether oxygens (including phenoxy) is 1. The van der Waals surface area contributed by atoms with Gasteiger partial charge >= 0.3 is 0 Å². The van der Waals surface area contributed by atoms with E-state index >= 15 is 0 Å². The third-order valence-electron chi connectivity index (χ3n) is 3.86. The predicted octanol–water partition coefficient (Wildman–Crippen LogP) is 3.37. The number of aromatic hydroxyl groups is 1. The van der Waals surface area contributed by atoms with E-state index in [0.717, 1.165) is 30.7 Å². The Morgan fingerprint density at radius 1 is 1.15 bits per heavy atom. The van der Waals surface area contributed by atoms with Crippen LogP contribution < -0.4 is 10.1 Å². The van der Waals surface area contributed by atoms with Crippen LogP contribution in [-0.4, -0.2) is 18.3 Å². The molecule has 0 heterocycles. The van der Waals surface area contributed by atoms with E-state index in [1.165, 1.54) is 11.1 Å². The van der Waals surface area contributed by atoms with Crippen LogP contribution in [0.15, 0.2) is 42.5 Å². The molecule has 0 radical (unpaired) electrons. The molecule has 0 aliphatic heterocycles. The first-order valence-electron chi connectivity index (χ1n) is 6.96. The third-order valence-corrected chi connectivity index (χ3v) is 3.86. The Balaban J connectivity index is 1.74. The van der Waals surface area contributed by atoms with Crippen molar-refractivity contribution in [3.63, 3.8) is 0 Å². The number of phenols is 1. The smallest absolute Gasteiger partial charge is 0.119 e. The zero-order valence-corrected chi connectivity index (χ0v) is 11.6. The van der Waals surface area contributed by atoms with Crippen LogP contribution in [-0.2, 0) is 12.8 Å². The summed E-state index contributed by atoms with van der Waals surface area (Å²) in [7, 11) is 1.70. The van der Waals surface area contributed by atoms with E-state index in [4.69, 9.17) is 4.74 Å². The first-order valence-corrected chi connectivity index (χ1v) is 6.96. The van der Waals surface area contributed by atoms with Gasteiger partial charge in [-0.2, -0.15) is 0 Å². The minimum absolute atomic E-state index is 0.299. The van der Waals surface area contributed by atoms with Crippen LogP contribution in [0.5, 0.6) is 11.5 Å². The van der Waals surface area contributed by atoms with Gasteiger partial charge in [0, 0.05) is 17.8 Å². The van der Waals surface area contributed by atoms with E-state index in [-0.39, 0.29) is 0 Å². The molecule has 20 heavy (non-hydrogen) atoms. The minimum Gasteiger partial charge on any atom is -0.508 e. The SMILES string of the molecule is COc1ccc2c(c1)CC(Nc1cccc(O)c1)CC2. The fourth-order valence-corrected chi connectivity index (χ4v) is 2.82. The quantitative estimate of drug-likeness (QED) is 0.897. The van der Waals surface area contributed by atoms with Gasteiger partial charge < -0.3 is 15.2 Å². The number of aryl methyl sites for hydroxylation is 1. The van der Waals surface area contributed by atoms with E-state index in [0.29, 0.717) is 11.8 Å². The molecule has 3 nitrogen and oxygen atoms in total. The molecule has 2 N–H and O–H groups in total. The van der Waals surface area contributed by atoms with Crippen LogP contribution in [0.3, 0.4) is 0 Å². The second kappa shape index (κ2) is 5.45. The van der Waals surface area contributed by atoms with Gasteiger partial charge in [0.15, 0.2) is 0 Å². The summed E-state index contributed by atoms with van der Waals surface area (Å²) in [4.78, 5) is 0. The maximum atomic E-state index is 9.51. The highest BCUT2D eigenvalue weighted by atomic mass is 16.5. The largest absolute Gasteiger partial charge is 0.508 e. The lowest BCUT2D eigenvalue weighted by molar-refractivity contribution is 0.413. The Hall–Kier alpha value is -2.16. The van der Waals surface area contributed by atoms with Crippen molar-refractivity contribution in [1.82, 2.24) is 0 Å². The molecule has 1 aliphatic rings. The molecule has 0 bridgehead atoms. The minimum atomic E-state index is 0.299. The lowest BCUT2D eigenvalue weighted by Gasteiger charge is -2.26. The van der Waals surface area contributed by atoms with Crippen LogP contribution in [0, 0.1) is 0 Å². The molecule has 104 valence electrons. The fourth-order valence-electron chi connectivity index (χ4n) is 2.82. The molecule has 0 fully saturated rings. The molecule has 1 atom stereocenters. The summed E-state index contributed by atoms with van der Waals surface area (Å²) < 4.78 is 5.30. The highest BCUT2D eigenvalue weighted by Crippen LogP contribution is 2.27. The van der Waals surface area contributed by atoms with Crippen molar-refractivity contribution in [3.05, 3.63) is 53.6 Å². The summed E-state index contributed by atoms with van der Waals surface area (Å²) in [6.07, 6.45) is 3.17. The van der Waals surface area contributed by atoms with Crippen molar-refractivity contribution in [3.8, 4) is 11.5 Å². The Morgan fingerprint density at radius 2 is 2.05 bits per heavy atom. The lowest BCUT2D eigenvalue weighted by atomic mass is 9.88. The first-order chi connectivity index (χ1) is 9.74. The second-order valence-electron chi connectivity index (χ2n) is 5.27. The maximum absolute atomic E-state index is 9.51. The molecule has 1 unspecified atom stereocenters. The first kappa shape index (κ1) is 12.9. The lowest BCUT2D eigenvalue weighted by Crippen LogP contribution is -2.27. The number of methoxy groups -OCH3 is 1. The normalized spacial score (nSPS) is 17.4. The Labute approximate surface area is 119 Å². The van der Waals surface area contributed by atoms with Crippen LogP contribution in [0.2, 0.25) is 0 Å². The topological polar surface area (TPSA) is 41.5 Å². The molecule has 0 spiro atoms. The van der Waals surface area contributed by atoms with Gasteiger partial charge in [0.05, 0.1) is 7.11 Å². The number of hydrogen-bond donors (Lipinski definition) is 2. The van der Waals surface area contributed by atoms with Crippen molar-refractivity contribution < 1.29 is 9.84 Å². The molecule has 3 heteroatoms. The third kappa shape index (κ3) is 2.72. The average molecular weight is 269 g/mol.